The minimum Gasteiger partial charge on any atom is -0.492 e. The zero-order valence-corrected chi connectivity index (χ0v) is 18.8. The van der Waals surface area contributed by atoms with Crippen molar-refractivity contribution in [2.24, 2.45) is 0 Å². The van der Waals surface area contributed by atoms with Crippen molar-refractivity contribution in [1.29, 1.82) is 0 Å². The van der Waals surface area contributed by atoms with Crippen molar-refractivity contribution in [3.8, 4) is 5.75 Å². The van der Waals surface area contributed by atoms with E-state index in [0.717, 1.165) is 12.1 Å². The maximum atomic E-state index is 13.0. The van der Waals surface area contributed by atoms with Crippen LogP contribution in [0.4, 0.5) is 24.5 Å². The molecule has 0 unspecified atom stereocenters. The van der Waals surface area contributed by atoms with Crippen LogP contribution in [-0.4, -0.2) is 44.9 Å². The highest BCUT2D eigenvalue weighted by molar-refractivity contribution is 7.89. The smallest absolute Gasteiger partial charge is 0.416 e. The molecule has 0 aliphatic carbocycles. The molecule has 0 saturated carbocycles. The third-order valence-corrected chi connectivity index (χ3v) is 6.56. The maximum Gasteiger partial charge on any atom is 0.416 e. The number of carbonyl (C=O) groups is 1. The summed E-state index contributed by atoms with van der Waals surface area (Å²) < 4.78 is 71.1. The van der Waals surface area contributed by atoms with Crippen LogP contribution in [0.2, 0.25) is 0 Å². The largest absolute Gasteiger partial charge is 0.492 e. The van der Waals surface area contributed by atoms with Crippen LogP contribution in [0.5, 0.6) is 5.75 Å². The maximum absolute atomic E-state index is 13.0. The highest BCUT2D eigenvalue weighted by atomic mass is 32.2. The number of rotatable bonds is 10. The molecule has 2 aromatic carbocycles. The van der Waals surface area contributed by atoms with Crippen molar-refractivity contribution in [3.63, 3.8) is 0 Å². The summed E-state index contributed by atoms with van der Waals surface area (Å²) in [4.78, 5) is 12.2. The fraction of sp³-hybridized carbons (Fsp3) is 0.381. The number of sulfonamides is 1. The van der Waals surface area contributed by atoms with Gasteiger partial charge in [0, 0.05) is 24.5 Å². The molecule has 176 valence electrons. The summed E-state index contributed by atoms with van der Waals surface area (Å²) in [6.45, 7) is 5.63. The number of benzene rings is 2. The minimum atomic E-state index is -4.49. The molecule has 2 aromatic rings. The van der Waals surface area contributed by atoms with Gasteiger partial charge in [0.1, 0.15) is 10.6 Å². The second-order valence-electron chi connectivity index (χ2n) is 6.66. The Morgan fingerprint density at radius 3 is 2.31 bits per heavy atom. The van der Waals surface area contributed by atoms with Crippen LogP contribution in [0, 0.1) is 0 Å². The highest BCUT2D eigenvalue weighted by Crippen LogP contribution is 2.31. The molecule has 0 saturated heterocycles. The van der Waals surface area contributed by atoms with Crippen LogP contribution in [0.1, 0.15) is 26.3 Å². The van der Waals surface area contributed by atoms with Gasteiger partial charge in [-0.1, -0.05) is 19.9 Å². The molecule has 0 bridgehead atoms. The van der Waals surface area contributed by atoms with Crippen LogP contribution >= 0.6 is 0 Å². The van der Waals surface area contributed by atoms with Crippen LogP contribution in [-0.2, 0) is 21.0 Å². The third-order valence-electron chi connectivity index (χ3n) is 4.49. The van der Waals surface area contributed by atoms with Crippen molar-refractivity contribution in [2.75, 3.05) is 36.9 Å². The second-order valence-corrected chi connectivity index (χ2v) is 8.57. The first-order chi connectivity index (χ1) is 15.0. The summed E-state index contributed by atoms with van der Waals surface area (Å²) >= 11 is 0. The Morgan fingerprint density at radius 1 is 1.03 bits per heavy atom. The van der Waals surface area contributed by atoms with Gasteiger partial charge in [-0.2, -0.15) is 17.5 Å². The molecular formula is C21H26F3N3O4S. The van der Waals surface area contributed by atoms with Gasteiger partial charge in [-0.25, -0.2) is 8.42 Å². The molecule has 2 N–H and O–H groups in total. The molecule has 2 rings (SSSR count). The van der Waals surface area contributed by atoms with Crippen LogP contribution in [0.25, 0.3) is 0 Å². The zero-order chi connectivity index (χ0) is 23.9. The SMILES string of the molecule is CCOc1ccc(NC(=O)CNc2cccc(C(F)(F)F)c2)cc1S(=O)(=O)N(CC)CC. The van der Waals surface area contributed by atoms with E-state index in [0.29, 0.717) is 0 Å². The average Bonchev–Trinajstić information content (AvgIpc) is 2.74. The molecule has 0 fully saturated rings. The number of amides is 1. The molecule has 0 atom stereocenters. The van der Waals surface area contributed by atoms with E-state index in [2.05, 4.69) is 10.6 Å². The standard InChI is InChI=1S/C21H26F3N3O4S/c1-4-27(5-2)32(29,30)19-13-17(10-11-18(19)31-6-3)26-20(28)14-25-16-9-7-8-15(12-16)21(22,23)24/h7-13,25H,4-6,14H2,1-3H3,(H,26,28). The molecule has 32 heavy (non-hydrogen) atoms. The van der Waals surface area contributed by atoms with Gasteiger partial charge in [0.25, 0.3) is 0 Å². The molecule has 0 aliphatic rings. The fourth-order valence-electron chi connectivity index (χ4n) is 2.96. The summed E-state index contributed by atoms with van der Waals surface area (Å²) in [5.74, 6) is -0.391. The lowest BCUT2D eigenvalue weighted by Gasteiger charge is -2.21. The Morgan fingerprint density at radius 2 is 1.72 bits per heavy atom. The van der Waals surface area contributed by atoms with Gasteiger partial charge in [-0.3, -0.25) is 4.79 Å². The van der Waals surface area contributed by atoms with Crippen molar-refractivity contribution < 1.29 is 31.1 Å². The first kappa shape index (κ1) is 25.5. The van der Waals surface area contributed by atoms with E-state index in [1.165, 1.54) is 34.6 Å². The van der Waals surface area contributed by atoms with E-state index in [9.17, 15) is 26.4 Å². The lowest BCUT2D eigenvalue weighted by molar-refractivity contribution is -0.137. The summed E-state index contributed by atoms with van der Waals surface area (Å²) in [5.41, 5.74) is -0.484. The fourth-order valence-corrected chi connectivity index (χ4v) is 4.57. The molecule has 11 heteroatoms. The van der Waals surface area contributed by atoms with E-state index in [4.69, 9.17) is 4.74 Å². The third kappa shape index (κ3) is 6.36. The van der Waals surface area contributed by atoms with Gasteiger partial charge in [0.2, 0.25) is 15.9 Å². The summed E-state index contributed by atoms with van der Waals surface area (Å²) in [7, 11) is -3.85. The van der Waals surface area contributed by atoms with E-state index < -0.39 is 27.7 Å². The van der Waals surface area contributed by atoms with Gasteiger partial charge in [0.15, 0.2) is 0 Å². The number of alkyl halides is 3. The van der Waals surface area contributed by atoms with E-state index in [1.54, 1.807) is 20.8 Å². The number of nitrogens with zero attached hydrogens (tertiary/aromatic N) is 1. The molecule has 0 heterocycles. The molecule has 0 aromatic heterocycles. The Kier molecular flexibility index (Phi) is 8.51. The molecule has 7 nitrogen and oxygen atoms in total. The van der Waals surface area contributed by atoms with E-state index in [-0.39, 0.29) is 48.3 Å². The molecule has 0 aliphatic heterocycles. The Balaban J connectivity index is 2.18. The second kappa shape index (κ2) is 10.7. The molecule has 0 spiro atoms. The summed E-state index contributed by atoms with van der Waals surface area (Å²) in [6, 6.07) is 8.74. The highest BCUT2D eigenvalue weighted by Gasteiger charge is 2.30. The number of hydrogen-bond donors (Lipinski definition) is 2. The monoisotopic (exact) mass is 473 g/mol. The molecule has 1 amide bonds. The van der Waals surface area contributed by atoms with Gasteiger partial charge in [-0.15, -0.1) is 0 Å². The van der Waals surface area contributed by atoms with Crippen molar-refractivity contribution in [2.45, 2.75) is 31.8 Å². The molecular weight excluding hydrogens is 447 g/mol. The minimum absolute atomic E-state index is 0.0771. The predicted molar refractivity (Wildman–Crippen MR) is 116 cm³/mol. The lowest BCUT2D eigenvalue weighted by atomic mass is 10.2. The number of nitrogens with one attached hydrogen (secondary N) is 2. The Labute approximate surface area is 185 Å². The summed E-state index contributed by atoms with van der Waals surface area (Å²) in [5, 5.41) is 5.18. The van der Waals surface area contributed by atoms with Crippen LogP contribution in [0.15, 0.2) is 47.4 Å². The predicted octanol–water partition coefficient (Wildman–Crippen LogP) is 4.19. The lowest BCUT2D eigenvalue weighted by Crippen LogP contribution is -2.31. The van der Waals surface area contributed by atoms with E-state index in [1.807, 2.05) is 0 Å². The number of anilines is 2. The van der Waals surface area contributed by atoms with Crippen molar-refractivity contribution >= 4 is 27.3 Å². The first-order valence-corrected chi connectivity index (χ1v) is 11.4. The van der Waals surface area contributed by atoms with Gasteiger partial charge in [0.05, 0.1) is 18.7 Å². The number of halogens is 3. The summed E-state index contributed by atoms with van der Waals surface area (Å²) in [6.07, 6.45) is -4.49. The molecule has 0 radical (unpaired) electrons. The zero-order valence-electron chi connectivity index (χ0n) is 18.0. The van der Waals surface area contributed by atoms with Gasteiger partial charge < -0.3 is 15.4 Å². The van der Waals surface area contributed by atoms with Crippen molar-refractivity contribution in [1.82, 2.24) is 4.31 Å². The Bertz CT molecular complexity index is 1040. The quantitative estimate of drug-likeness (QED) is 0.541. The van der Waals surface area contributed by atoms with Gasteiger partial charge >= 0.3 is 6.18 Å². The number of ether oxygens (including phenoxy) is 1. The first-order valence-electron chi connectivity index (χ1n) is 10.0. The normalized spacial score (nSPS) is 12.0. The number of carbonyl (C=O) groups excluding carboxylic acids is 1. The van der Waals surface area contributed by atoms with E-state index >= 15 is 0 Å². The number of hydrogen-bond acceptors (Lipinski definition) is 5. The average molecular weight is 474 g/mol. The van der Waals surface area contributed by atoms with Crippen LogP contribution in [0.3, 0.4) is 0 Å². The Hall–Kier alpha value is -2.79. The topological polar surface area (TPSA) is 87.7 Å². The van der Waals surface area contributed by atoms with Crippen molar-refractivity contribution in [3.05, 3.63) is 48.0 Å². The van der Waals surface area contributed by atoms with Gasteiger partial charge in [-0.05, 0) is 43.3 Å². The van der Waals surface area contributed by atoms with Crippen LogP contribution < -0.4 is 15.4 Å².